The van der Waals surface area contributed by atoms with E-state index in [4.69, 9.17) is 0 Å². The van der Waals surface area contributed by atoms with Crippen molar-refractivity contribution in [1.82, 2.24) is 4.98 Å². The van der Waals surface area contributed by atoms with Gasteiger partial charge >= 0.3 is 0 Å². The number of rotatable bonds is 0. The van der Waals surface area contributed by atoms with Gasteiger partial charge in [-0.05, 0) is 19.1 Å². The zero-order chi connectivity index (χ0) is 7.84. The average molecular weight is 163 g/mol. The lowest BCUT2D eigenvalue weighted by molar-refractivity contribution is 1.42. The second-order valence-electron chi connectivity index (χ2n) is 2.72. The van der Waals surface area contributed by atoms with Crippen molar-refractivity contribution in [3.05, 3.63) is 30.0 Å². The number of aromatic nitrogens is 1. The number of H-pyrrole nitrogens is 1. The maximum absolute atomic E-state index is 4.32. The molecule has 1 nitrogen and oxygen atoms in total. The van der Waals surface area contributed by atoms with Gasteiger partial charge in [0, 0.05) is 22.0 Å². The summed E-state index contributed by atoms with van der Waals surface area (Å²) in [6, 6.07) is 6.30. The van der Waals surface area contributed by atoms with E-state index in [9.17, 15) is 0 Å². The lowest BCUT2D eigenvalue weighted by Gasteiger charge is -1.92. The third kappa shape index (κ3) is 1.03. The number of nitrogens with one attached hydrogen (secondary N) is 1. The van der Waals surface area contributed by atoms with Crippen molar-refractivity contribution in [3.63, 3.8) is 0 Å². The quantitative estimate of drug-likeness (QED) is 0.555. The molecule has 0 aliphatic rings. The van der Waals surface area contributed by atoms with Crippen LogP contribution in [0.15, 0.2) is 29.3 Å². The molecule has 0 atom stereocenters. The van der Waals surface area contributed by atoms with Gasteiger partial charge in [-0.15, -0.1) is 12.6 Å². The molecule has 0 unspecified atom stereocenters. The van der Waals surface area contributed by atoms with Crippen molar-refractivity contribution in [2.45, 2.75) is 11.8 Å². The van der Waals surface area contributed by atoms with Crippen LogP contribution in [-0.4, -0.2) is 4.98 Å². The zero-order valence-electron chi connectivity index (χ0n) is 6.26. The Morgan fingerprint density at radius 2 is 2.18 bits per heavy atom. The summed E-state index contributed by atoms with van der Waals surface area (Å²) in [5.74, 6) is 0. The van der Waals surface area contributed by atoms with E-state index in [0.29, 0.717) is 0 Å². The number of thiol groups is 1. The summed E-state index contributed by atoms with van der Waals surface area (Å²) in [6.07, 6.45) is 1.91. The van der Waals surface area contributed by atoms with Crippen LogP contribution in [0.2, 0.25) is 0 Å². The molecular weight excluding hydrogens is 154 g/mol. The monoisotopic (exact) mass is 163 g/mol. The predicted octanol–water partition coefficient (Wildman–Crippen LogP) is 2.77. The standard InChI is InChI=1S/C9H9NS/c1-6-2-3-8-7(4-6)9(11)5-10-8/h2-5,10-11H,1H3. The van der Waals surface area contributed by atoms with E-state index in [1.165, 1.54) is 10.9 Å². The van der Waals surface area contributed by atoms with Gasteiger partial charge in [-0.1, -0.05) is 11.6 Å². The van der Waals surface area contributed by atoms with Gasteiger partial charge in [0.2, 0.25) is 0 Å². The summed E-state index contributed by atoms with van der Waals surface area (Å²) in [5, 5.41) is 1.20. The molecule has 0 saturated carbocycles. The molecule has 0 saturated heterocycles. The highest BCUT2D eigenvalue weighted by molar-refractivity contribution is 7.80. The molecule has 0 aliphatic carbocycles. The fraction of sp³-hybridized carbons (Fsp3) is 0.111. The van der Waals surface area contributed by atoms with Gasteiger partial charge in [-0.3, -0.25) is 0 Å². The number of hydrogen-bond acceptors (Lipinski definition) is 1. The Kier molecular flexibility index (Phi) is 1.43. The molecule has 0 spiro atoms. The average Bonchev–Trinajstić information content (AvgIpc) is 2.33. The molecule has 1 N–H and O–H groups in total. The van der Waals surface area contributed by atoms with E-state index in [1.807, 2.05) is 6.20 Å². The summed E-state index contributed by atoms with van der Waals surface area (Å²) in [4.78, 5) is 4.16. The highest BCUT2D eigenvalue weighted by Gasteiger charge is 1.97. The van der Waals surface area contributed by atoms with E-state index >= 15 is 0 Å². The maximum Gasteiger partial charge on any atom is 0.0465 e. The molecule has 1 heterocycles. The topological polar surface area (TPSA) is 15.8 Å². The number of aryl methyl sites for hydroxylation is 1. The Labute approximate surface area is 70.8 Å². The molecule has 0 aliphatic heterocycles. The Morgan fingerprint density at radius 1 is 1.36 bits per heavy atom. The third-order valence-corrected chi connectivity index (χ3v) is 2.19. The van der Waals surface area contributed by atoms with Crippen molar-refractivity contribution in [1.29, 1.82) is 0 Å². The van der Waals surface area contributed by atoms with Crippen LogP contribution in [0.1, 0.15) is 5.56 Å². The lowest BCUT2D eigenvalue weighted by Crippen LogP contribution is -1.70. The summed E-state index contributed by atoms with van der Waals surface area (Å²) in [7, 11) is 0. The van der Waals surface area contributed by atoms with Gasteiger partial charge in [0.25, 0.3) is 0 Å². The van der Waals surface area contributed by atoms with E-state index in [0.717, 1.165) is 10.4 Å². The second-order valence-corrected chi connectivity index (χ2v) is 3.20. The molecule has 0 amide bonds. The first-order valence-electron chi connectivity index (χ1n) is 3.54. The SMILES string of the molecule is Cc1ccc2[nH]cc(S)c2c1. The normalized spacial score (nSPS) is 10.7. The highest BCUT2D eigenvalue weighted by Crippen LogP contribution is 2.21. The van der Waals surface area contributed by atoms with Crippen LogP contribution < -0.4 is 0 Å². The van der Waals surface area contributed by atoms with Crippen LogP contribution >= 0.6 is 12.6 Å². The summed E-state index contributed by atoms with van der Waals surface area (Å²) < 4.78 is 0. The van der Waals surface area contributed by atoms with Crippen LogP contribution in [-0.2, 0) is 0 Å². The fourth-order valence-corrected chi connectivity index (χ4v) is 1.47. The largest absolute Gasteiger partial charge is 0.360 e. The molecule has 0 radical (unpaired) electrons. The summed E-state index contributed by atoms with van der Waals surface area (Å²) >= 11 is 4.32. The van der Waals surface area contributed by atoms with Crippen molar-refractivity contribution >= 4 is 23.5 Å². The Balaban J connectivity index is 2.87. The van der Waals surface area contributed by atoms with Crippen LogP contribution in [0.25, 0.3) is 10.9 Å². The van der Waals surface area contributed by atoms with Gasteiger partial charge in [0.1, 0.15) is 0 Å². The van der Waals surface area contributed by atoms with Crippen molar-refractivity contribution in [2.24, 2.45) is 0 Å². The molecule has 0 bridgehead atoms. The molecule has 1 aromatic heterocycles. The first kappa shape index (κ1) is 6.80. The number of fused-ring (bicyclic) bond motifs is 1. The Morgan fingerprint density at radius 3 is 3.00 bits per heavy atom. The Bertz CT molecular complexity index is 389. The van der Waals surface area contributed by atoms with Gasteiger partial charge < -0.3 is 4.98 Å². The molecular formula is C9H9NS. The first-order chi connectivity index (χ1) is 5.27. The fourth-order valence-electron chi connectivity index (χ4n) is 1.22. The maximum atomic E-state index is 4.32. The third-order valence-electron chi connectivity index (χ3n) is 1.82. The zero-order valence-corrected chi connectivity index (χ0v) is 7.15. The lowest BCUT2D eigenvalue weighted by atomic mass is 10.2. The van der Waals surface area contributed by atoms with Crippen LogP contribution in [0.3, 0.4) is 0 Å². The number of aromatic amines is 1. The molecule has 2 heteroatoms. The van der Waals surface area contributed by atoms with Gasteiger partial charge in [-0.2, -0.15) is 0 Å². The van der Waals surface area contributed by atoms with Crippen molar-refractivity contribution < 1.29 is 0 Å². The van der Waals surface area contributed by atoms with Crippen molar-refractivity contribution in [2.75, 3.05) is 0 Å². The second kappa shape index (κ2) is 2.31. The van der Waals surface area contributed by atoms with Crippen LogP contribution in [0.5, 0.6) is 0 Å². The van der Waals surface area contributed by atoms with E-state index in [1.54, 1.807) is 0 Å². The van der Waals surface area contributed by atoms with Gasteiger partial charge in [0.05, 0.1) is 0 Å². The van der Waals surface area contributed by atoms with Gasteiger partial charge in [-0.25, -0.2) is 0 Å². The van der Waals surface area contributed by atoms with Crippen LogP contribution in [0.4, 0.5) is 0 Å². The highest BCUT2D eigenvalue weighted by atomic mass is 32.1. The minimum Gasteiger partial charge on any atom is -0.360 e. The number of benzene rings is 1. The van der Waals surface area contributed by atoms with E-state index < -0.39 is 0 Å². The first-order valence-corrected chi connectivity index (χ1v) is 3.99. The molecule has 1 aromatic carbocycles. The van der Waals surface area contributed by atoms with Crippen molar-refractivity contribution in [3.8, 4) is 0 Å². The molecule has 2 aromatic rings. The van der Waals surface area contributed by atoms with Gasteiger partial charge in [0.15, 0.2) is 0 Å². The predicted molar refractivity (Wildman–Crippen MR) is 50.3 cm³/mol. The molecule has 2 rings (SSSR count). The van der Waals surface area contributed by atoms with E-state index in [2.05, 4.69) is 42.7 Å². The summed E-state index contributed by atoms with van der Waals surface area (Å²) in [6.45, 7) is 2.08. The minimum atomic E-state index is 1.02. The van der Waals surface area contributed by atoms with Crippen LogP contribution in [0, 0.1) is 6.92 Å². The molecule has 0 fully saturated rings. The Hall–Kier alpha value is -0.890. The molecule has 56 valence electrons. The van der Waals surface area contributed by atoms with E-state index in [-0.39, 0.29) is 0 Å². The summed E-state index contributed by atoms with van der Waals surface area (Å²) in [5.41, 5.74) is 2.42. The smallest absolute Gasteiger partial charge is 0.0465 e. The molecule has 11 heavy (non-hydrogen) atoms. The number of hydrogen-bond donors (Lipinski definition) is 2. The minimum absolute atomic E-state index is 1.02.